The number of rotatable bonds is 12. The van der Waals surface area contributed by atoms with Crippen molar-refractivity contribution < 1.29 is 19.1 Å². The largest absolute Gasteiger partial charge is 0.467 e. The number of benzene rings is 1. The molecule has 1 atom stereocenters. The molecule has 0 aliphatic heterocycles. The highest BCUT2D eigenvalue weighted by Gasteiger charge is 2.21. The van der Waals surface area contributed by atoms with Crippen molar-refractivity contribution in [3.63, 3.8) is 0 Å². The maximum absolute atomic E-state index is 12.1. The molecule has 0 saturated heterocycles. The molecule has 0 saturated carbocycles. The maximum Gasteiger partial charge on any atom is 0.328 e. The Labute approximate surface area is 155 Å². The number of hydrogen-bond donors (Lipinski definition) is 2. The number of nitrogens with one attached hydrogen (secondary N) is 2. The summed E-state index contributed by atoms with van der Waals surface area (Å²) in [6.07, 6.45) is 7.14. The van der Waals surface area contributed by atoms with E-state index in [1.165, 1.54) is 26.4 Å². The molecule has 0 heterocycles. The van der Waals surface area contributed by atoms with Crippen molar-refractivity contribution in [2.24, 2.45) is 0 Å². The molecule has 144 valence electrons. The van der Waals surface area contributed by atoms with Gasteiger partial charge in [0.15, 0.2) is 0 Å². The molecule has 0 aromatic heterocycles. The van der Waals surface area contributed by atoms with E-state index >= 15 is 0 Å². The highest BCUT2D eigenvalue weighted by molar-refractivity contribution is 5.96. The van der Waals surface area contributed by atoms with E-state index in [4.69, 9.17) is 4.74 Å². The minimum Gasteiger partial charge on any atom is -0.467 e. The van der Waals surface area contributed by atoms with Crippen molar-refractivity contribution in [3.8, 4) is 0 Å². The van der Waals surface area contributed by atoms with Gasteiger partial charge in [0.05, 0.1) is 13.7 Å². The highest BCUT2D eigenvalue weighted by Crippen LogP contribution is 2.09. The predicted molar refractivity (Wildman–Crippen MR) is 101 cm³/mol. The number of methoxy groups -OCH3 is 1. The molecule has 2 amide bonds. The zero-order chi connectivity index (χ0) is 19.2. The number of amides is 2. The van der Waals surface area contributed by atoms with Gasteiger partial charge in [-0.05, 0) is 18.6 Å². The van der Waals surface area contributed by atoms with Crippen molar-refractivity contribution in [3.05, 3.63) is 35.9 Å². The topological polar surface area (TPSA) is 84.5 Å². The smallest absolute Gasteiger partial charge is 0.328 e. The summed E-state index contributed by atoms with van der Waals surface area (Å²) < 4.78 is 4.76. The van der Waals surface area contributed by atoms with Crippen molar-refractivity contribution in [2.45, 2.75) is 57.9 Å². The van der Waals surface area contributed by atoms with Crippen LogP contribution in [0.25, 0.3) is 0 Å². The van der Waals surface area contributed by atoms with E-state index in [1.807, 2.05) is 6.07 Å². The summed E-state index contributed by atoms with van der Waals surface area (Å²) in [6, 6.07) is 7.98. The zero-order valence-electron chi connectivity index (χ0n) is 15.8. The van der Waals surface area contributed by atoms with Crippen molar-refractivity contribution >= 4 is 17.8 Å². The molecule has 0 aliphatic carbocycles. The van der Waals surface area contributed by atoms with Gasteiger partial charge in [-0.1, -0.05) is 63.6 Å². The highest BCUT2D eigenvalue weighted by atomic mass is 16.5. The van der Waals surface area contributed by atoms with Crippen LogP contribution in [0, 0.1) is 0 Å². The molecule has 0 unspecified atom stereocenters. The summed E-state index contributed by atoms with van der Waals surface area (Å²) in [5.41, 5.74) is 0.483. The van der Waals surface area contributed by atoms with Crippen molar-refractivity contribution in [1.82, 2.24) is 10.6 Å². The van der Waals surface area contributed by atoms with Gasteiger partial charge in [0.25, 0.3) is 5.91 Å². The molecule has 6 nitrogen and oxygen atoms in total. The van der Waals surface area contributed by atoms with Crippen molar-refractivity contribution in [1.29, 1.82) is 0 Å². The van der Waals surface area contributed by atoms with Gasteiger partial charge < -0.3 is 15.4 Å². The molecule has 26 heavy (non-hydrogen) atoms. The van der Waals surface area contributed by atoms with Crippen LogP contribution in [0.1, 0.15) is 62.2 Å². The molecule has 2 N–H and O–H groups in total. The lowest BCUT2D eigenvalue weighted by molar-refractivity contribution is -0.145. The summed E-state index contributed by atoms with van der Waals surface area (Å²) in [7, 11) is 1.31. The Kier molecular flexibility index (Phi) is 10.8. The van der Waals surface area contributed by atoms with Crippen LogP contribution in [0.15, 0.2) is 30.3 Å². The number of ether oxygens (including phenoxy) is 1. The molecule has 1 rings (SSSR count). The Morgan fingerprint density at radius 2 is 1.65 bits per heavy atom. The first kappa shape index (κ1) is 21.7. The zero-order valence-corrected chi connectivity index (χ0v) is 15.8. The molecular formula is C20H30N2O4. The predicted octanol–water partition coefficient (Wildman–Crippen LogP) is 2.82. The molecule has 0 aliphatic rings. The minimum atomic E-state index is -0.674. The van der Waals surface area contributed by atoms with E-state index in [2.05, 4.69) is 17.6 Å². The fraction of sp³-hybridized carbons (Fsp3) is 0.550. The lowest BCUT2D eigenvalue weighted by atomic mass is 10.1. The van der Waals surface area contributed by atoms with Gasteiger partial charge in [0.1, 0.15) is 6.04 Å². The Balaban J connectivity index is 2.37. The molecule has 0 radical (unpaired) electrons. The minimum absolute atomic E-state index is 0.183. The van der Waals surface area contributed by atoms with Crippen LogP contribution >= 0.6 is 0 Å². The molecular weight excluding hydrogens is 332 g/mol. The first-order chi connectivity index (χ1) is 12.6. The maximum atomic E-state index is 12.1. The van der Waals surface area contributed by atoms with Crippen LogP contribution in [0.3, 0.4) is 0 Å². The van der Waals surface area contributed by atoms with E-state index in [-0.39, 0.29) is 12.5 Å². The number of carbonyl (C=O) groups is 3. The van der Waals surface area contributed by atoms with Crippen LogP contribution in [0.2, 0.25) is 0 Å². The molecule has 1 aromatic carbocycles. The van der Waals surface area contributed by atoms with Crippen LogP contribution < -0.4 is 10.6 Å². The summed E-state index contributed by atoms with van der Waals surface area (Å²) in [4.78, 5) is 35.8. The van der Waals surface area contributed by atoms with Gasteiger partial charge in [-0.2, -0.15) is 0 Å². The monoisotopic (exact) mass is 362 g/mol. The van der Waals surface area contributed by atoms with Gasteiger partial charge in [0, 0.05) is 5.56 Å². The number of esters is 1. The van der Waals surface area contributed by atoms with Gasteiger partial charge in [-0.25, -0.2) is 4.79 Å². The molecule has 0 fully saturated rings. The average Bonchev–Trinajstić information content (AvgIpc) is 2.67. The van der Waals surface area contributed by atoms with E-state index in [1.54, 1.807) is 24.3 Å². The quantitative estimate of drug-likeness (QED) is 0.442. The van der Waals surface area contributed by atoms with Crippen LogP contribution in [-0.2, 0) is 14.3 Å². The Morgan fingerprint density at radius 3 is 2.31 bits per heavy atom. The van der Waals surface area contributed by atoms with Crippen LogP contribution in [0.4, 0.5) is 0 Å². The van der Waals surface area contributed by atoms with Crippen LogP contribution in [-0.4, -0.2) is 37.5 Å². The van der Waals surface area contributed by atoms with E-state index in [9.17, 15) is 14.4 Å². The van der Waals surface area contributed by atoms with Gasteiger partial charge in [0.2, 0.25) is 5.91 Å². The Bertz CT molecular complexity index is 560. The molecule has 0 spiro atoms. The summed E-state index contributed by atoms with van der Waals surface area (Å²) in [5.74, 6) is -1.19. The summed E-state index contributed by atoms with van der Waals surface area (Å²) >= 11 is 0. The average molecular weight is 362 g/mol. The standard InChI is InChI=1S/C20H30N2O4/c1-3-4-5-6-7-11-14-17(20(25)26-2)22-18(23)15-21-19(24)16-12-9-8-10-13-16/h8-10,12-13,17H,3-7,11,14-15H2,1-2H3,(H,21,24)(H,22,23)/t17-/m1/s1. The van der Waals surface area contributed by atoms with Gasteiger partial charge in [-0.15, -0.1) is 0 Å². The van der Waals surface area contributed by atoms with Crippen molar-refractivity contribution in [2.75, 3.05) is 13.7 Å². The number of hydrogen-bond acceptors (Lipinski definition) is 4. The fourth-order valence-electron chi connectivity index (χ4n) is 2.62. The van der Waals surface area contributed by atoms with E-state index in [0.29, 0.717) is 12.0 Å². The van der Waals surface area contributed by atoms with Gasteiger partial charge >= 0.3 is 5.97 Å². The normalized spacial score (nSPS) is 11.5. The SMILES string of the molecule is CCCCCCCC[C@@H](NC(=O)CNC(=O)c1ccccc1)C(=O)OC. The third kappa shape index (κ3) is 8.65. The lowest BCUT2D eigenvalue weighted by Gasteiger charge is -2.16. The number of unbranched alkanes of at least 4 members (excludes halogenated alkanes) is 5. The molecule has 1 aromatic rings. The lowest BCUT2D eigenvalue weighted by Crippen LogP contribution is -2.46. The first-order valence-corrected chi connectivity index (χ1v) is 9.29. The van der Waals surface area contributed by atoms with Gasteiger partial charge in [-0.3, -0.25) is 9.59 Å². The van der Waals surface area contributed by atoms with E-state index < -0.39 is 17.9 Å². The summed E-state index contributed by atoms with van der Waals surface area (Å²) in [6.45, 7) is 1.98. The third-order valence-electron chi connectivity index (χ3n) is 4.11. The van der Waals surface area contributed by atoms with E-state index in [0.717, 1.165) is 19.3 Å². The summed E-state index contributed by atoms with van der Waals surface area (Å²) in [5, 5.41) is 5.20. The third-order valence-corrected chi connectivity index (χ3v) is 4.11. The Hall–Kier alpha value is -2.37. The molecule has 0 bridgehead atoms. The first-order valence-electron chi connectivity index (χ1n) is 9.29. The second-order valence-corrected chi connectivity index (χ2v) is 6.25. The second kappa shape index (κ2) is 12.9. The second-order valence-electron chi connectivity index (χ2n) is 6.25. The molecule has 6 heteroatoms. The fourth-order valence-corrected chi connectivity index (χ4v) is 2.62. The number of carbonyl (C=O) groups excluding carboxylic acids is 3. The Morgan fingerprint density at radius 1 is 1.00 bits per heavy atom. The van der Waals surface area contributed by atoms with Crippen LogP contribution in [0.5, 0.6) is 0 Å².